The molecule has 0 unspecified atom stereocenters. The van der Waals surface area contributed by atoms with Crippen molar-refractivity contribution < 1.29 is 52.7 Å². The summed E-state index contributed by atoms with van der Waals surface area (Å²) in [7, 11) is 0. The first-order valence-corrected chi connectivity index (χ1v) is 21.9. The van der Waals surface area contributed by atoms with Gasteiger partial charge in [-0.2, -0.15) is 52.7 Å². The Hall–Kier alpha value is -8.00. The van der Waals surface area contributed by atoms with Gasteiger partial charge in [-0.15, -0.1) is 0 Å². The number of alkyl halides is 12. The molecule has 0 bridgehead atoms. The number of benzene rings is 9. The Kier molecular flexibility index (Phi) is 10.3. The summed E-state index contributed by atoms with van der Waals surface area (Å²) in [6, 6.07) is 48.0. The molecule has 2 nitrogen and oxygen atoms in total. The number of halogens is 12. The Morgan fingerprint density at radius 2 is 0.577 bits per heavy atom. The van der Waals surface area contributed by atoms with Crippen molar-refractivity contribution in [1.29, 1.82) is 0 Å². The van der Waals surface area contributed by atoms with Crippen LogP contribution in [-0.2, 0) is 30.1 Å². The van der Waals surface area contributed by atoms with E-state index in [1.54, 1.807) is 21.9 Å². The van der Waals surface area contributed by atoms with Crippen molar-refractivity contribution in [2.75, 3.05) is 9.80 Å². The molecule has 2 aliphatic carbocycles. The second-order valence-corrected chi connectivity index (χ2v) is 17.3. The van der Waals surface area contributed by atoms with E-state index in [2.05, 4.69) is 0 Å². The van der Waals surface area contributed by atoms with Crippen LogP contribution in [0.15, 0.2) is 194 Å². The van der Waals surface area contributed by atoms with Gasteiger partial charge in [-0.3, -0.25) is 0 Å². The van der Waals surface area contributed by atoms with Gasteiger partial charge >= 0.3 is 24.7 Å². The third-order valence-corrected chi connectivity index (χ3v) is 13.3. The van der Waals surface area contributed by atoms with Gasteiger partial charge < -0.3 is 9.80 Å². The highest BCUT2D eigenvalue weighted by Crippen LogP contribution is 2.64. The summed E-state index contributed by atoms with van der Waals surface area (Å²) in [5.41, 5.74) is 4.09. The first-order chi connectivity index (χ1) is 33.7. The average Bonchev–Trinajstić information content (AvgIpc) is 3.79. The van der Waals surface area contributed by atoms with Gasteiger partial charge in [0.25, 0.3) is 0 Å². The molecule has 354 valence electrons. The monoisotopic (exact) mass is 972 g/mol. The van der Waals surface area contributed by atoms with E-state index >= 15 is 0 Å². The number of hydrogen-bond acceptors (Lipinski definition) is 2. The van der Waals surface area contributed by atoms with E-state index in [1.807, 2.05) is 84.9 Å². The zero-order valence-corrected chi connectivity index (χ0v) is 36.4. The minimum atomic E-state index is -4.65. The van der Waals surface area contributed by atoms with Crippen LogP contribution in [0.25, 0.3) is 33.0 Å². The molecule has 11 rings (SSSR count). The molecule has 0 amide bonds. The molecule has 0 N–H and O–H groups in total. The predicted molar refractivity (Wildman–Crippen MR) is 250 cm³/mol. The molecule has 9 aromatic carbocycles. The molecule has 0 aliphatic heterocycles. The second kappa shape index (κ2) is 16.0. The van der Waals surface area contributed by atoms with Crippen molar-refractivity contribution in [2.45, 2.75) is 30.1 Å². The topological polar surface area (TPSA) is 6.48 Å². The molecule has 0 heterocycles. The molecule has 14 heteroatoms. The first-order valence-electron chi connectivity index (χ1n) is 21.9. The van der Waals surface area contributed by atoms with Crippen molar-refractivity contribution in [2.24, 2.45) is 0 Å². The number of anilines is 6. The number of rotatable bonds is 6. The quantitative estimate of drug-likeness (QED) is 0.153. The maximum Gasteiger partial charge on any atom is 0.416 e. The Bertz CT molecular complexity index is 3360. The van der Waals surface area contributed by atoms with Crippen molar-refractivity contribution in [3.63, 3.8) is 0 Å². The van der Waals surface area contributed by atoms with E-state index in [0.29, 0.717) is 16.8 Å². The van der Waals surface area contributed by atoms with Gasteiger partial charge in [0.2, 0.25) is 0 Å². The predicted octanol–water partition coefficient (Wildman–Crippen LogP) is 18.2. The van der Waals surface area contributed by atoms with Crippen molar-refractivity contribution in [3.8, 4) is 22.3 Å². The fraction of sp³-hybridized carbons (Fsp3) is 0.0877. The Morgan fingerprint density at radius 1 is 0.254 bits per heavy atom. The van der Waals surface area contributed by atoms with Gasteiger partial charge in [-0.1, -0.05) is 60.7 Å². The van der Waals surface area contributed by atoms with Gasteiger partial charge in [-0.05, 0) is 189 Å². The highest BCUT2D eigenvalue weighted by Gasteiger charge is 2.52. The van der Waals surface area contributed by atoms with Crippen LogP contribution in [0.2, 0.25) is 0 Å². The van der Waals surface area contributed by atoms with Crippen LogP contribution < -0.4 is 9.80 Å². The fourth-order valence-corrected chi connectivity index (χ4v) is 10.2. The van der Waals surface area contributed by atoms with E-state index in [4.69, 9.17) is 0 Å². The van der Waals surface area contributed by atoms with E-state index in [9.17, 15) is 52.7 Å². The van der Waals surface area contributed by atoms with E-state index < -0.39 is 52.4 Å². The third-order valence-electron chi connectivity index (χ3n) is 13.3. The van der Waals surface area contributed by atoms with Gasteiger partial charge in [0.15, 0.2) is 0 Å². The van der Waals surface area contributed by atoms with Gasteiger partial charge in [-0.25, -0.2) is 0 Å². The standard InChI is InChI=1S/C57H32F12N2/c58-54(59,60)35-10-19-39(20-11-35)70(40-21-12-36(13-22-40)55(61,62)63)43-18-9-33-30-48-47-28-27-44(71(41-23-14-37(15-24-41)56(64,65)66)42-25-16-38(17-26-42)57(67,68)69)32-52(47)53(51(48)31-34(33)29-43)49-7-3-1-5-45(49)46-6-2-4-8-50(46)53/h1-32H. The molecule has 2 aliphatic rings. The van der Waals surface area contributed by atoms with E-state index in [0.717, 1.165) is 98.4 Å². The minimum Gasteiger partial charge on any atom is -0.310 e. The lowest BCUT2D eigenvalue weighted by atomic mass is 9.70. The fourth-order valence-electron chi connectivity index (χ4n) is 10.2. The largest absolute Gasteiger partial charge is 0.416 e. The van der Waals surface area contributed by atoms with Gasteiger partial charge in [0.1, 0.15) is 0 Å². The Balaban J connectivity index is 1.13. The molecule has 0 fully saturated rings. The minimum absolute atomic E-state index is 0.249. The van der Waals surface area contributed by atoms with Crippen LogP contribution >= 0.6 is 0 Å². The number of hydrogen-bond donors (Lipinski definition) is 0. The highest BCUT2D eigenvalue weighted by atomic mass is 19.4. The smallest absolute Gasteiger partial charge is 0.310 e. The van der Waals surface area contributed by atoms with Crippen molar-refractivity contribution in [1.82, 2.24) is 0 Å². The molecule has 0 atom stereocenters. The summed E-state index contributed by atoms with van der Waals surface area (Å²) in [6.07, 6.45) is -18.6. The van der Waals surface area contributed by atoms with E-state index in [-0.39, 0.29) is 22.7 Å². The number of fused-ring (bicyclic) bond motifs is 11. The summed E-state index contributed by atoms with van der Waals surface area (Å²) < 4.78 is 165. The normalized spacial score (nSPS) is 13.7. The van der Waals surface area contributed by atoms with Gasteiger partial charge in [0, 0.05) is 34.1 Å². The third kappa shape index (κ3) is 7.54. The van der Waals surface area contributed by atoms with Crippen LogP contribution in [0, 0.1) is 0 Å². The highest BCUT2D eigenvalue weighted by molar-refractivity contribution is 6.02. The molecular formula is C57H32F12N2. The van der Waals surface area contributed by atoms with Crippen LogP contribution in [0.3, 0.4) is 0 Å². The molecule has 0 aromatic heterocycles. The van der Waals surface area contributed by atoms with Crippen LogP contribution in [0.1, 0.15) is 44.5 Å². The molecule has 0 radical (unpaired) electrons. The van der Waals surface area contributed by atoms with Crippen LogP contribution in [0.4, 0.5) is 86.8 Å². The summed E-state index contributed by atoms with van der Waals surface area (Å²) in [5.74, 6) is 0. The summed E-state index contributed by atoms with van der Waals surface area (Å²) in [6.45, 7) is 0. The Morgan fingerprint density at radius 3 is 0.972 bits per heavy atom. The zero-order valence-electron chi connectivity index (χ0n) is 36.4. The lowest BCUT2D eigenvalue weighted by Gasteiger charge is -2.32. The summed E-state index contributed by atoms with van der Waals surface area (Å²) in [4.78, 5) is 3.17. The van der Waals surface area contributed by atoms with Crippen LogP contribution in [0.5, 0.6) is 0 Å². The van der Waals surface area contributed by atoms with Crippen molar-refractivity contribution >= 4 is 44.9 Å². The first kappa shape index (κ1) is 45.4. The maximum atomic E-state index is 13.8. The number of nitrogens with zero attached hydrogens (tertiary/aromatic N) is 2. The molecule has 1 spiro atoms. The average molecular weight is 973 g/mol. The zero-order chi connectivity index (χ0) is 49.8. The van der Waals surface area contributed by atoms with Gasteiger partial charge in [0.05, 0.1) is 27.7 Å². The second-order valence-electron chi connectivity index (χ2n) is 17.3. The Labute approximate surface area is 397 Å². The molecular weight excluding hydrogens is 941 g/mol. The molecule has 0 saturated heterocycles. The lowest BCUT2D eigenvalue weighted by molar-refractivity contribution is -0.138. The molecule has 71 heavy (non-hydrogen) atoms. The molecule has 0 saturated carbocycles. The molecule has 9 aromatic rings. The summed E-state index contributed by atoms with van der Waals surface area (Å²) >= 11 is 0. The lowest BCUT2D eigenvalue weighted by Crippen LogP contribution is -2.26. The van der Waals surface area contributed by atoms with Crippen LogP contribution in [-0.4, -0.2) is 0 Å². The van der Waals surface area contributed by atoms with Crippen molar-refractivity contribution in [3.05, 3.63) is 239 Å². The SMILES string of the molecule is FC(F)(F)c1ccc(N(c2ccc(C(F)(F)F)cc2)c2ccc3c(c2)C2(c4ccccc4-c4ccccc42)c2cc4cc(N(c5ccc(C(F)(F)F)cc5)c5ccc(C(F)(F)F)cc5)ccc4cc2-3)cc1. The summed E-state index contributed by atoms with van der Waals surface area (Å²) in [5, 5.41) is 1.42. The maximum absolute atomic E-state index is 13.8. The van der Waals surface area contributed by atoms with E-state index in [1.165, 1.54) is 48.5 Å².